The van der Waals surface area contributed by atoms with Gasteiger partial charge in [-0.1, -0.05) is 17.3 Å². The van der Waals surface area contributed by atoms with Crippen molar-refractivity contribution in [3.05, 3.63) is 42.6 Å². The molecule has 4 heterocycles. The number of fused-ring (bicyclic) bond motifs is 2. The molecule has 0 unspecified atom stereocenters. The Bertz CT molecular complexity index is 1060. The van der Waals surface area contributed by atoms with Gasteiger partial charge >= 0.3 is 0 Å². The van der Waals surface area contributed by atoms with Gasteiger partial charge < -0.3 is 14.0 Å². The second kappa shape index (κ2) is 6.06. The summed E-state index contributed by atoms with van der Waals surface area (Å²) in [5.74, 6) is 0.919. The normalized spacial score (nSPS) is 16.0. The molecule has 0 spiro atoms. The van der Waals surface area contributed by atoms with Crippen molar-refractivity contribution < 1.29 is 4.52 Å². The van der Waals surface area contributed by atoms with E-state index < -0.39 is 0 Å². The molecule has 1 aromatic carbocycles. The molecule has 1 aliphatic heterocycles. The Labute approximate surface area is 150 Å². The minimum atomic E-state index is 0.799. The van der Waals surface area contributed by atoms with Gasteiger partial charge in [-0.15, -0.1) is 0 Å². The van der Waals surface area contributed by atoms with Crippen molar-refractivity contribution in [3.8, 4) is 0 Å². The molecule has 8 heteroatoms. The van der Waals surface area contributed by atoms with Gasteiger partial charge in [0, 0.05) is 45.2 Å². The van der Waals surface area contributed by atoms with Crippen molar-refractivity contribution in [1.29, 1.82) is 0 Å². The lowest BCUT2D eigenvalue weighted by atomic mass is 10.2. The first-order valence-corrected chi connectivity index (χ1v) is 8.72. The molecular weight excluding hydrogens is 330 g/mol. The highest BCUT2D eigenvalue weighted by atomic mass is 16.5. The molecular formula is C18H19N7O. The van der Waals surface area contributed by atoms with Gasteiger partial charge in [-0.2, -0.15) is 0 Å². The summed E-state index contributed by atoms with van der Waals surface area (Å²) in [6.07, 6.45) is 3.40. The van der Waals surface area contributed by atoms with Crippen LogP contribution in [0.3, 0.4) is 0 Å². The third kappa shape index (κ3) is 2.50. The minimum absolute atomic E-state index is 0.799. The summed E-state index contributed by atoms with van der Waals surface area (Å²) in [7, 11) is 1.95. The topological polar surface area (TPSA) is 76.1 Å². The van der Waals surface area contributed by atoms with Crippen LogP contribution in [0.2, 0.25) is 0 Å². The largest absolute Gasteiger partial charge is 0.356 e. The van der Waals surface area contributed by atoms with Gasteiger partial charge in [0.25, 0.3) is 0 Å². The lowest BCUT2D eigenvalue weighted by molar-refractivity contribution is 0.243. The number of benzene rings is 1. The summed E-state index contributed by atoms with van der Waals surface area (Å²) in [6, 6.07) is 8.01. The standard InChI is InChI=1S/C18H19N7O/c1-23-12-21-16-17(23)19-11-20-18(16)25-8-6-24(7-9-25)10-14-13-4-2-3-5-15(13)26-22-14/h2-5,11-12H,6-10H2,1H3. The van der Waals surface area contributed by atoms with Gasteiger partial charge in [0.15, 0.2) is 22.6 Å². The Morgan fingerprint density at radius 2 is 1.88 bits per heavy atom. The SMILES string of the molecule is Cn1cnc2c(N3CCN(Cc4noc5ccccc45)CC3)ncnc21. The molecule has 8 nitrogen and oxygen atoms in total. The Morgan fingerprint density at radius 3 is 2.77 bits per heavy atom. The predicted molar refractivity (Wildman–Crippen MR) is 97.8 cm³/mol. The molecule has 1 fully saturated rings. The van der Waals surface area contributed by atoms with E-state index in [1.165, 1.54) is 0 Å². The van der Waals surface area contributed by atoms with Crippen molar-refractivity contribution in [2.45, 2.75) is 6.54 Å². The lowest BCUT2D eigenvalue weighted by Crippen LogP contribution is -2.46. The maximum Gasteiger partial charge on any atom is 0.167 e. The second-order valence-electron chi connectivity index (χ2n) is 6.61. The molecule has 1 saturated heterocycles. The first kappa shape index (κ1) is 15.3. The monoisotopic (exact) mass is 349 g/mol. The lowest BCUT2D eigenvalue weighted by Gasteiger charge is -2.34. The molecule has 0 atom stereocenters. The maximum absolute atomic E-state index is 5.42. The summed E-state index contributed by atoms with van der Waals surface area (Å²) < 4.78 is 7.34. The van der Waals surface area contributed by atoms with E-state index in [-0.39, 0.29) is 0 Å². The smallest absolute Gasteiger partial charge is 0.167 e. The Hall–Kier alpha value is -3.00. The first-order valence-electron chi connectivity index (χ1n) is 8.72. The van der Waals surface area contributed by atoms with Gasteiger partial charge in [0.1, 0.15) is 12.0 Å². The molecule has 0 saturated carbocycles. The Balaban J connectivity index is 1.31. The summed E-state index contributed by atoms with van der Waals surface area (Å²) in [5, 5.41) is 5.34. The van der Waals surface area contributed by atoms with E-state index in [1.54, 1.807) is 12.7 Å². The van der Waals surface area contributed by atoms with Gasteiger partial charge in [0.2, 0.25) is 0 Å². The number of aromatic nitrogens is 5. The number of rotatable bonds is 3. The molecule has 4 aromatic rings. The van der Waals surface area contributed by atoms with Crippen molar-refractivity contribution in [2.75, 3.05) is 31.1 Å². The van der Waals surface area contributed by atoms with E-state index in [0.717, 1.165) is 66.4 Å². The molecule has 0 amide bonds. The average molecular weight is 349 g/mol. The van der Waals surface area contributed by atoms with E-state index in [1.807, 2.05) is 29.8 Å². The fourth-order valence-corrected chi connectivity index (χ4v) is 3.55. The van der Waals surface area contributed by atoms with Gasteiger partial charge in [-0.25, -0.2) is 15.0 Å². The zero-order valence-electron chi connectivity index (χ0n) is 14.5. The summed E-state index contributed by atoms with van der Waals surface area (Å²) in [5.41, 5.74) is 3.58. The average Bonchev–Trinajstić information content (AvgIpc) is 3.27. The zero-order chi connectivity index (χ0) is 17.5. The molecule has 3 aromatic heterocycles. The third-order valence-corrected chi connectivity index (χ3v) is 4.98. The third-order valence-electron chi connectivity index (χ3n) is 4.98. The van der Waals surface area contributed by atoms with Gasteiger partial charge in [-0.05, 0) is 12.1 Å². The number of aryl methyl sites for hydroxylation is 1. The number of imidazole rings is 1. The van der Waals surface area contributed by atoms with Crippen molar-refractivity contribution in [2.24, 2.45) is 7.05 Å². The highest BCUT2D eigenvalue weighted by molar-refractivity contribution is 5.83. The second-order valence-corrected chi connectivity index (χ2v) is 6.61. The van der Waals surface area contributed by atoms with Crippen LogP contribution in [0.1, 0.15) is 5.69 Å². The molecule has 0 N–H and O–H groups in total. The van der Waals surface area contributed by atoms with Crippen LogP contribution in [0, 0.1) is 0 Å². The molecule has 0 radical (unpaired) electrons. The highest BCUT2D eigenvalue weighted by Crippen LogP contribution is 2.23. The number of piperazine rings is 1. The van der Waals surface area contributed by atoms with Crippen LogP contribution in [-0.2, 0) is 13.6 Å². The molecule has 1 aliphatic rings. The van der Waals surface area contributed by atoms with Crippen LogP contribution in [0.15, 0.2) is 41.4 Å². The number of para-hydroxylation sites is 1. The van der Waals surface area contributed by atoms with Crippen molar-refractivity contribution >= 4 is 28.0 Å². The molecule has 132 valence electrons. The van der Waals surface area contributed by atoms with E-state index >= 15 is 0 Å². The van der Waals surface area contributed by atoms with E-state index in [0.29, 0.717) is 0 Å². The van der Waals surface area contributed by atoms with E-state index in [4.69, 9.17) is 4.52 Å². The molecule has 0 bridgehead atoms. The van der Waals surface area contributed by atoms with Crippen LogP contribution in [0.5, 0.6) is 0 Å². The quantitative estimate of drug-likeness (QED) is 0.558. The fourth-order valence-electron chi connectivity index (χ4n) is 3.55. The van der Waals surface area contributed by atoms with Crippen molar-refractivity contribution in [3.63, 3.8) is 0 Å². The predicted octanol–water partition coefficient (Wildman–Crippen LogP) is 1.83. The fraction of sp³-hybridized carbons (Fsp3) is 0.333. The van der Waals surface area contributed by atoms with Gasteiger partial charge in [-0.3, -0.25) is 4.90 Å². The number of hydrogen-bond acceptors (Lipinski definition) is 7. The van der Waals surface area contributed by atoms with Crippen molar-refractivity contribution in [1.82, 2.24) is 29.6 Å². The van der Waals surface area contributed by atoms with Crippen LogP contribution >= 0.6 is 0 Å². The van der Waals surface area contributed by atoms with Gasteiger partial charge in [0.05, 0.1) is 6.33 Å². The Kier molecular flexibility index (Phi) is 3.56. The molecule has 26 heavy (non-hydrogen) atoms. The van der Waals surface area contributed by atoms with Crippen LogP contribution in [0.25, 0.3) is 22.1 Å². The van der Waals surface area contributed by atoms with Crippen LogP contribution in [-0.4, -0.2) is 55.8 Å². The highest BCUT2D eigenvalue weighted by Gasteiger charge is 2.22. The maximum atomic E-state index is 5.42. The zero-order valence-corrected chi connectivity index (χ0v) is 14.5. The summed E-state index contributed by atoms with van der Waals surface area (Å²) in [4.78, 5) is 18.0. The van der Waals surface area contributed by atoms with Crippen LogP contribution in [0.4, 0.5) is 5.82 Å². The Morgan fingerprint density at radius 1 is 1.04 bits per heavy atom. The van der Waals surface area contributed by atoms with E-state index in [9.17, 15) is 0 Å². The minimum Gasteiger partial charge on any atom is -0.356 e. The summed E-state index contributed by atoms with van der Waals surface area (Å²) >= 11 is 0. The van der Waals surface area contributed by atoms with Crippen LogP contribution < -0.4 is 4.90 Å². The number of nitrogens with zero attached hydrogens (tertiary/aromatic N) is 7. The molecule has 0 aliphatic carbocycles. The van der Waals surface area contributed by atoms with E-state index in [2.05, 4.69) is 36.0 Å². The first-order chi connectivity index (χ1) is 12.8. The number of anilines is 1. The summed E-state index contributed by atoms with van der Waals surface area (Å²) in [6.45, 7) is 4.49. The molecule has 5 rings (SSSR count). The number of hydrogen-bond donors (Lipinski definition) is 0.